The topological polar surface area (TPSA) is 66.3 Å². The van der Waals surface area contributed by atoms with Crippen molar-refractivity contribution in [2.45, 2.75) is 6.17 Å². The third-order valence-corrected chi connectivity index (χ3v) is 4.69. The van der Waals surface area contributed by atoms with E-state index >= 15 is 0 Å². The Labute approximate surface area is 148 Å². The van der Waals surface area contributed by atoms with Gasteiger partial charge in [0.2, 0.25) is 0 Å². The van der Waals surface area contributed by atoms with E-state index in [2.05, 4.69) is 10.4 Å². The Morgan fingerprint density at radius 3 is 2.64 bits per heavy atom. The highest BCUT2D eigenvalue weighted by atomic mass is 32.2. The monoisotopic (exact) mass is 352 g/mol. The predicted molar refractivity (Wildman–Crippen MR) is 97.3 cm³/mol. The number of fused-ring (bicyclic) bond motifs is 2. The first kappa shape index (κ1) is 15.7. The Hall–Kier alpha value is -2.80. The summed E-state index contributed by atoms with van der Waals surface area (Å²) in [5.74, 6) is 0.606. The quantitative estimate of drug-likeness (QED) is 0.882. The van der Waals surface area contributed by atoms with Crippen LogP contribution in [0.2, 0.25) is 0 Å². The summed E-state index contributed by atoms with van der Waals surface area (Å²) >= 11 is 1.39. The standard InChI is InChI=1S/C18H16N4O2S/c1-24-12-9-7-11(8-10-12)16-19-14-6-4-3-5-13(14)15-17(23)20-18(25-2)21-22(15)16/h3-10,16H,1-2H3,(H,20,21,23)/t16-/m0/s1. The van der Waals surface area contributed by atoms with Crippen LogP contribution in [0, 0.1) is 0 Å². The highest BCUT2D eigenvalue weighted by Gasteiger charge is 2.34. The molecule has 2 aromatic rings. The molecule has 0 aromatic heterocycles. The van der Waals surface area contributed by atoms with Crippen LogP contribution in [0.3, 0.4) is 0 Å². The van der Waals surface area contributed by atoms with Gasteiger partial charge in [-0.25, -0.2) is 5.01 Å². The largest absolute Gasteiger partial charge is 0.497 e. The van der Waals surface area contributed by atoms with Crippen LogP contribution in [-0.2, 0) is 4.79 Å². The number of amides is 1. The van der Waals surface area contributed by atoms with Gasteiger partial charge in [-0.1, -0.05) is 42.1 Å². The first-order valence-electron chi connectivity index (χ1n) is 7.75. The van der Waals surface area contributed by atoms with Gasteiger partial charge in [0.15, 0.2) is 11.3 Å². The van der Waals surface area contributed by atoms with E-state index in [0.717, 1.165) is 21.9 Å². The maximum atomic E-state index is 12.7. The fourth-order valence-corrected chi connectivity index (χ4v) is 3.28. The first-order chi connectivity index (χ1) is 12.2. The molecular weight excluding hydrogens is 336 g/mol. The van der Waals surface area contributed by atoms with Gasteiger partial charge in [-0.2, -0.15) is 0 Å². The minimum Gasteiger partial charge on any atom is -0.497 e. The molecule has 1 N–H and O–H groups in total. The van der Waals surface area contributed by atoms with Crippen LogP contribution in [0.25, 0.3) is 5.70 Å². The van der Waals surface area contributed by atoms with Crippen molar-refractivity contribution in [3.8, 4) is 5.75 Å². The van der Waals surface area contributed by atoms with E-state index in [1.807, 2.05) is 54.8 Å². The number of benzene rings is 2. The minimum atomic E-state index is -0.399. The number of thioether (sulfide) groups is 1. The number of hydrogen-bond donors (Lipinski definition) is 1. The molecule has 1 amide bonds. The lowest BCUT2D eigenvalue weighted by Crippen LogP contribution is -2.50. The molecule has 0 radical (unpaired) electrons. The summed E-state index contributed by atoms with van der Waals surface area (Å²) in [6.45, 7) is 0. The molecule has 0 saturated carbocycles. The number of carbonyl (C=O) groups excluding carboxylic acids is 1. The van der Waals surface area contributed by atoms with Crippen molar-refractivity contribution in [1.82, 2.24) is 10.3 Å². The third kappa shape index (κ3) is 2.66. The maximum absolute atomic E-state index is 12.7. The third-order valence-electron chi connectivity index (χ3n) is 4.12. The van der Waals surface area contributed by atoms with Crippen molar-refractivity contribution in [1.29, 1.82) is 0 Å². The zero-order valence-electron chi connectivity index (χ0n) is 13.8. The van der Waals surface area contributed by atoms with Gasteiger partial charge in [-0.3, -0.25) is 15.1 Å². The van der Waals surface area contributed by atoms with E-state index in [1.165, 1.54) is 11.8 Å². The summed E-state index contributed by atoms with van der Waals surface area (Å²) < 4.78 is 5.23. The second-order valence-corrected chi connectivity index (χ2v) is 6.34. The molecular formula is C18H16N4O2S. The summed E-state index contributed by atoms with van der Waals surface area (Å²) in [6, 6.07) is 15.3. The number of hydrazone groups is 1. The molecule has 2 heterocycles. The van der Waals surface area contributed by atoms with Gasteiger partial charge in [0.25, 0.3) is 5.91 Å². The Morgan fingerprint density at radius 2 is 1.92 bits per heavy atom. The van der Waals surface area contributed by atoms with Gasteiger partial charge in [0.05, 0.1) is 12.5 Å². The molecule has 6 nitrogen and oxygen atoms in total. The molecule has 25 heavy (non-hydrogen) atoms. The van der Waals surface area contributed by atoms with E-state index in [0.29, 0.717) is 10.9 Å². The van der Waals surface area contributed by atoms with Crippen LogP contribution in [0.1, 0.15) is 11.7 Å². The maximum Gasteiger partial charge on any atom is 0.276 e. The number of hydrogen-bond acceptors (Lipinski definition) is 6. The van der Waals surface area contributed by atoms with Crippen LogP contribution >= 0.6 is 11.8 Å². The zero-order valence-corrected chi connectivity index (χ0v) is 14.6. The summed E-state index contributed by atoms with van der Waals surface area (Å²) in [4.78, 5) is 17.5. The molecule has 1 atom stereocenters. The average Bonchev–Trinajstić information content (AvgIpc) is 2.67. The summed E-state index contributed by atoms with van der Waals surface area (Å²) in [5.41, 5.74) is 1.45. The summed E-state index contributed by atoms with van der Waals surface area (Å²) in [6.07, 6.45) is 1.48. The van der Waals surface area contributed by atoms with Gasteiger partial charge in [0.1, 0.15) is 11.4 Å². The lowest BCUT2D eigenvalue weighted by molar-refractivity contribution is -0.116. The van der Waals surface area contributed by atoms with E-state index in [4.69, 9.17) is 9.73 Å². The normalized spacial score (nSPS) is 18.6. The Bertz CT molecular complexity index is 985. The molecule has 126 valence electrons. The number of nitrogens with one attached hydrogen (secondary N) is 1. The molecule has 0 saturated heterocycles. The smallest absolute Gasteiger partial charge is 0.276 e. The number of methoxy groups -OCH3 is 1. The van der Waals surface area contributed by atoms with Crippen molar-refractivity contribution >= 4 is 28.5 Å². The lowest BCUT2D eigenvalue weighted by Gasteiger charge is -2.33. The molecule has 0 unspecified atom stereocenters. The summed E-state index contributed by atoms with van der Waals surface area (Å²) in [7, 11) is 1.63. The Morgan fingerprint density at radius 1 is 1.16 bits per heavy atom. The minimum absolute atomic E-state index is 0.166. The molecule has 0 bridgehead atoms. The SMILES string of the molecule is COc1ccc([C@H]2N=c3ccccc3=C3C(=O)NC(SC)=NN32)cc1. The molecule has 2 aromatic carbocycles. The van der Waals surface area contributed by atoms with Crippen LogP contribution < -0.4 is 20.6 Å². The highest BCUT2D eigenvalue weighted by Crippen LogP contribution is 2.31. The molecule has 0 aliphatic carbocycles. The van der Waals surface area contributed by atoms with Gasteiger partial charge in [0, 0.05) is 5.22 Å². The molecule has 2 aliphatic heterocycles. The number of carbonyl (C=O) groups is 1. The van der Waals surface area contributed by atoms with Crippen molar-refractivity contribution in [2.75, 3.05) is 13.4 Å². The second kappa shape index (κ2) is 6.25. The van der Waals surface area contributed by atoms with Crippen molar-refractivity contribution in [3.63, 3.8) is 0 Å². The van der Waals surface area contributed by atoms with E-state index < -0.39 is 6.17 Å². The van der Waals surface area contributed by atoms with Crippen molar-refractivity contribution < 1.29 is 9.53 Å². The zero-order chi connectivity index (χ0) is 17.4. The Kier molecular flexibility index (Phi) is 3.93. The number of nitrogens with zero attached hydrogens (tertiary/aromatic N) is 3. The van der Waals surface area contributed by atoms with Crippen LogP contribution in [-0.4, -0.2) is 29.4 Å². The number of rotatable bonds is 2. The van der Waals surface area contributed by atoms with Crippen LogP contribution in [0.4, 0.5) is 0 Å². The van der Waals surface area contributed by atoms with E-state index in [-0.39, 0.29) is 5.91 Å². The fraction of sp³-hybridized carbons (Fsp3) is 0.167. The van der Waals surface area contributed by atoms with Crippen molar-refractivity contribution in [3.05, 3.63) is 64.7 Å². The summed E-state index contributed by atoms with van der Waals surface area (Å²) in [5, 5.41) is 11.3. The fourth-order valence-electron chi connectivity index (χ4n) is 2.91. The van der Waals surface area contributed by atoms with Crippen LogP contribution in [0.15, 0.2) is 58.6 Å². The average molecular weight is 352 g/mol. The van der Waals surface area contributed by atoms with E-state index in [9.17, 15) is 4.79 Å². The van der Waals surface area contributed by atoms with Gasteiger partial charge < -0.3 is 4.74 Å². The second-order valence-electron chi connectivity index (χ2n) is 5.55. The highest BCUT2D eigenvalue weighted by molar-refractivity contribution is 8.13. The van der Waals surface area contributed by atoms with Gasteiger partial charge >= 0.3 is 0 Å². The molecule has 7 heteroatoms. The van der Waals surface area contributed by atoms with E-state index in [1.54, 1.807) is 12.1 Å². The predicted octanol–water partition coefficient (Wildman–Crippen LogP) is 1.20. The number of amidine groups is 1. The van der Waals surface area contributed by atoms with Gasteiger partial charge in [-0.15, -0.1) is 5.10 Å². The molecule has 0 fully saturated rings. The Balaban J connectivity index is 1.93. The number of para-hydroxylation sites is 1. The van der Waals surface area contributed by atoms with Gasteiger partial charge in [-0.05, 0) is 30.0 Å². The molecule has 2 aliphatic rings. The lowest BCUT2D eigenvalue weighted by atomic mass is 10.1. The number of ether oxygens (including phenoxy) is 1. The van der Waals surface area contributed by atoms with Crippen LogP contribution in [0.5, 0.6) is 5.75 Å². The van der Waals surface area contributed by atoms with Crippen molar-refractivity contribution in [2.24, 2.45) is 10.1 Å². The molecule has 0 spiro atoms. The first-order valence-corrected chi connectivity index (χ1v) is 8.98. The molecule has 4 rings (SSSR count).